The molecule has 0 spiro atoms. The minimum atomic E-state index is -0.605. The highest BCUT2D eigenvalue weighted by atomic mass is 35.5. The maximum Gasteiger partial charge on any atom is 0.419 e. The number of carbonyl (C=O) groups excluding carboxylic acids is 1. The van der Waals surface area contributed by atoms with Crippen LogP contribution < -0.4 is 4.90 Å². The first kappa shape index (κ1) is 18.1. The predicted molar refractivity (Wildman–Crippen MR) is 100 cm³/mol. The van der Waals surface area contributed by atoms with Crippen LogP contribution in [0.15, 0.2) is 60.7 Å². The molecule has 0 saturated heterocycles. The van der Waals surface area contributed by atoms with E-state index in [1.54, 1.807) is 12.1 Å². The fraction of sp³-hybridized carbons (Fsp3) is 0.250. The molecule has 0 aliphatic carbocycles. The molecule has 0 fully saturated rings. The number of halogens is 1. The number of benzene rings is 2. The van der Waals surface area contributed by atoms with Crippen LogP contribution in [0.4, 0.5) is 10.5 Å². The quantitative estimate of drug-likeness (QED) is 0.669. The highest BCUT2D eigenvalue weighted by molar-refractivity contribution is 6.34. The Labute approximate surface area is 148 Å². The van der Waals surface area contributed by atoms with E-state index in [0.717, 1.165) is 11.3 Å². The first-order valence-corrected chi connectivity index (χ1v) is 8.20. The van der Waals surface area contributed by atoms with E-state index in [0.29, 0.717) is 10.7 Å². The van der Waals surface area contributed by atoms with Crippen LogP contribution in [-0.2, 0) is 4.74 Å². The maximum atomic E-state index is 12.9. The van der Waals surface area contributed by atoms with Gasteiger partial charge in [0.15, 0.2) is 0 Å². The fourth-order valence-corrected chi connectivity index (χ4v) is 2.52. The van der Waals surface area contributed by atoms with E-state index >= 15 is 0 Å². The Morgan fingerprint density at radius 1 is 1.04 bits per heavy atom. The number of anilines is 1. The number of hydrogen-bond acceptors (Lipinski definition) is 2. The van der Waals surface area contributed by atoms with Gasteiger partial charge in [-0.2, -0.15) is 0 Å². The molecule has 0 saturated carbocycles. The summed E-state index contributed by atoms with van der Waals surface area (Å²) in [5.41, 5.74) is 1.61. The molecule has 0 radical (unpaired) electrons. The van der Waals surface area contributed by atoms with Crippen molar-refractivity contribution in [3.05, 3.63) is 71.3 Å². The minimum Gasteiger partial charge on any atom is -0.443 e. The summed E-state index contributed by atoms with van der Waals surface area (Å²) < 4.78 is 5.60. The van der Waals surface area contributed by atoms with Crippen molar-refractivity contribution in [1.82, 2.24) is 0 Å². The Morgan fingerprint density at radius 2 is 1.62 bits per heavy atom. The van der Waals surface area contributed by atoms with Gasteiger partial charge >= 0.3 is 6.09 Å². The lowest BCUT2D eigenvalue weighted by molar-refractivity contribution is 0.0600. The summed E-state index contributed by atoms with van der Waals surface area (Å²) in [6.45, 7) is 7.41. The molecular formula is C20H22ClNO2. The summed E-state index contributed by atoms with van der Waals surface area (Å²) in [4.78, 5) is 14.4. The first-order valence-electron chi connectivity index (χ1n) is 7.83. The van der Waals surface area contributed by atoms with Gasteiger partial charge in [0, 0.05) is 0 Å². The van der Waals surface area contributed by atoms with E-state index in [2.05, 4.69) is 0 Å². The molecule has 3 nitrogen and oxygen atoms in total. The summed E-state index contributed by atoms with van der Waals surface area (Å²) in [5, 5.41) is 0.485. The van der Waals surface area contributed by atoms with E-state index in [-0.39, 0.29) is 0 Å². The number of allylic oxidation sites excluding steroid dienone is 1. The number of rotatable bonds is 3. The van der Waals surface area contributed by atoms with Gasteiger partial charge in [-0.05, 0) is 45.4 Å². The van der Waals surface area contributed by atoms with Gasteiger partial charge in [-0.3, -0.25) is 0 Å². The SMILES string of the molecule is C/C=C(\c1ccccc1)N(C(=O)OC(C)(C)C)c1ccccc1Cl. The Kier molecular flexibility index (Phi) is 5.68. The molecule has 0 bridgehead atoms. The second-order valence-corrected chi connectivity index (χ2v) is 6.71. The minimum absolute atomic E-state index is 0.465. The molecule has 0 aliphatic heterocycles. The molecule has 2 rings (SSSR count). The summed E-state index contributed by atoms with van der Waals surface area (Å²) in [6.07, 6.45) is 1.41. The van der Waals surface area contributed by atoms with Gasteiger partial charge < -0.3 is 4.74 Å². The number of para-hydroxylation sites is 1. The molecule has 4 heteroatoms. The van der Waals surface area contributed by atoms with Crippen LogP contribution in [0.3, 0.4) is 0 Å². The third-order valence-corrected chi connectivity index (χ3v) is 3.57. The molecular weight excluding hydrogens is 322 g/mol. The van der Waals surface area contributed by atoms with Crippen molar-refractivity contribution >= 4 is 29.1 Å². The van der Waals surface area contributed by atoms with Gasteiger partial charge in [0.05, 0.1) is 16.4 Å². The number of amides is 1. The van der Waals surface area contributed by atoms with E-state index in [4.69, 9.17) is 16.3 Å². The van der Waals surface area contributed by atoms with Crippen molar-refractivity contribution in [3.8, 4) is 0 Å². The van der Waals surface area contributed by atoms with Gasteiger partial charge in [-0.1, -0.05) is 60.1 Å². The molecule has 0 heterocycles. The second-order valence-electron chi connectivity index (χ2n) is 6.31. The molecule has 24 heavy (non-hydrogen) atoms. The Balaban J connectivity index is 2.54. The highest BCUT2D eigenvalue weighted by Crippen LogP contribution is 2.33. The average Bonchev–Trinajstić information content (AvgIpc) is 2.52. The van der Waals surface area contributed by atoms with Crippen LogP contribution in [0.1, 0.15) is 33.3 Å². The topological polar surface area (TPSA) is 29.5 Å². The number of carbonyl (C=O) groups is 1. The van der Waals surface area contributed by atoms with E-state index in [1.807, 2.05) is 76.2 Å². The molecule has 0 atom stereocenters. The first-order chi connectivity index (χ1) is 11.3. The average molecular weight is 344 g/mol. The van der Waals surface area contributed by atoms with E-state index < -0.39 is 11.7 Å². The third-order valence-electron chi connectivity index (χ3n) is 3.25. The molecule has 0 unspecified atom stereocenters. The fourth-order valence-electron chi connectivity index (χ4n) is 2.30. The number of ether oxygens (including phenoxy) is 1. The van der Waals surface area contributed by atoms with Crippen LogP contribution in [-0.4, -0.2) is 11.7 Å². The molecule has 2 aromatic rings. The van der Waals surface area contributed by atoms with Gasteiger partial charge in [0.25, 0.3) is 0 Å². The summed E-state index contributed by atoms with van der Waals surface area (Å²) in [6, 6.07) is 16.9. The molecule has 2 aromatic carbocycles. The smallest absolute Gasteiger partial charge is 0.419 e. The van der Waals surface area contributed by atoms with Gasteiger partial charge in [0.2, 0.25) is 0 Å². The molecule has 0 aliphatic rings. The Bertz CT molecular complexity index is 733. The Hall–Kier alpha value is -2.26. The zero-order chi connectivity index (χ0) is 17.7. The van der Waals surface area contributed by atoms with Crippen LogP contribution in [0.5, 0.6) is 0 Å². The van der Waals surface area contributed by atoms with E-state index in [9.17, 15) is 4.79 Å². The zero-order valence-electron chi connectivity index (χ0n) is 14.4. The van der Waals surface area contributed by atoms with Crippen LogP contribution in [0.2, 0.25) is 5.02 Å². The number of hydrogen-bond donors (Lipinski definition) is 0. The standard InChI is InChI=1S/C20H22ClNO2/c1-5-17(15-11-7-6-8-12-15)22(19(23)24-20(2,3)4)18-14-10-9-13-16(18)21/h5-14H,1-4H3/b17-5+. The van der Waals surface area contributed by atoms with E-state index in [1.165, 1.54) is 4.90 Å². The lowest BCUT2D eigenvalue weighted by atomic mass is 10.1. The summed E-state index contributed by atoms with van der Waals surface area (Å²) in [7, 11) is 0. The van der Waals surface area contributed by atoms with Gasteiger partial charge in [0.1, 0.15) is 5.60 Å². The predicted octanol–water partition coefficient (Wildman–Crippen LogP) is 6.14. The lowest BCUT2D eigenvalue weighted by Gasteiger charge is -2.29. The van der Waals surface area contributed by atoms with Gasteiger partial charge in [-0.15, -0.1) is 0 Å². The largest absolute Gasteiger partial charge is 0.443 e. The van der Waals surface area contributed by atoms with Crippen LogP contribution in [0.25, 0.3) is 5.70 Å². The molecule has 0 N–H and O–H groups in total. The molecule has 1 amide bonds. The monoisotopic (exact) mass is 343 g/mol. The van der Waals surface area contributed by atoms with Crippen molar-refractivity contribution in [1.29, 1.82) is 0 Å². The molecule has 126 valence electrons. The normalized spacial score (nSPS) is 12.0. The lowest BCUT2D eigenvalue weighted by Crippen LogP contribution is -2.36. The third kappa shape index (κ3) is 4.39. The summed E-state index contributed by atoms with van der Waals surface area (Å²) >= 11 is 6.35. The van der Waals surface area contributed by atoms with Crippen LogP contribution >= 0.6 is 11.6 Å². The van der Waals surface area contributed by atoms with Crippen molar-refractivity contribution < 1.29 is 9.53 Å². The van der Waals surface area contributed by atoms with Crippen molar-refractivity contribution in [2.75, 3.05) is 4.90 Å². The zero-order valence-corrected chi connectivity index (χ0v) is 15.2. The summed E-state index contributed by atoms with van der Waals surface area (Å²) in [5.74, 6) is 0. The number of nitrogens with zero attached hydrogens (tertiary/aromatic N) is 1. The van der Waals surface area contributed by atoms with Crippen molar-refractivity contribution in [2.24, 2.45) is 0 Å². The molecule has 0 aromatic heterocycles. The highest BCUT2D eigenvalue weighted by Gasteiger charge is 2.28. The van der Waals surface area contributed by atoms with Gasteiger partial charge in [-0.25, -0.2) is 9.69 Å². The maximum absolute atomic E-state index is 12.9. The second kappa shape index (κ2) is 7.54. The van der Waals surface area contributed by atoms with Crippen molar-refractivity contribution in [3.63, 3.8) is 0 Å². The Morgan fingerprint density at radius 3 is 2.17 bits per heavy atom. The van der Waals surface area contributed by atoms with Crippen LogP contribution in [0, 0.1) is 0 Å². The van der Waals surface area contributed by atoms with Crippen molar-refractivity contribution in [2.45, 2.75) is 33.3 Å².